The van der Waals surface area contributed by atoms with Gasteiger partial charge in [-0.05, 0) is 28.8 Å². The van der Waals surface area contributed by atoms with Crippen molar-refractivity contribution < 1.29 is 18.0 Å². The Labute approximate surface area is 119 Å². The number of hydrogen-bond donors (Lipinski definition) is 2. The Hall–Kier alpha value is -2.24. The number of halogens is 3. The van der Waals surface area contributed by atoms with Gasteiger partial charge in [0.2, 0.25) is 12.2 Å². The molecule has 1 amide bonds. The molecule has 3 N–H and O–H groups in total. The minimum Gasteiger partial charge on any atom is -0.366 e. The number of alkyl halides is 3. The maximum atomic E-state index is 13.3. The highest BCUT2D eigenvalue weighted by Gasteiger charge is 2.22. The normalized spacial score (nSPS) is 12.6. The first kappa shape index (κ1) is 15.2. The van der Waals surface area contributed by atoms with Crippen molar-refractivity contribution >= 4 is 22.4 Å². The van der Waals surface area contributed by atoms with Crippen molar-refractivity contribution in [2.75, 3.05) is 5.32 Å². The molecule has 0 fully saturated rings. The Bertz CT molecular complexity index is 673. The van der Waals surface area contributed by atoms with Gasteiger partial charge >= 0.3 is 0 Å². The second kappa shape index (κ2) is 6.03. The minimum atomic E-state index is -3.15. The molecule has 0 aromatic heterocycles. The van der Waals surface area contributed by atoms with Crippen LogP contribution in [0.3, 0.4) is 0 Å². The first-order valence-electron chi connectivity index (χ1n) is 6.48. The summed E-state index contributed by atoms with van der Waals surface area (Å²) in [5, 5.41) is 3.38. The zero-order chi connectivity index (χ0) is 15.6. The molecule has 0 saturated carbocycles. The number of hydrogen-bond acceptors (Lipinski definition) is 2. The average Bonchev–Trinajstić information content (AvgIpc) is 2.45. The van der Waals surface area contributed by atoms with E-state index in [1.807, 2.05) is 0 Å². The van der Waals surface area contributed by atoms with Gasteiger partial charge in [0.05, 0.1) is 5.56 Å². The van der Waals surface area contributed by atoms with Crippen LogP contribution in [0.2, 0.25) is 0 Å². The molecule has 2 aromatic carbocycles. The molecule has 2 rings (SSSR count). The van der Waals surface area contributed by atoms with Crippen molar-refractivity contribution in [1.82, 2.24) is 0 Å². The first-order chi connectivity index (χ1) is 9.95. The van der Waals surface area contributed by atoms with Crippen LogP contribution in [0.5, 0.6) is 0 Å². The van der Waals surface area contributed by atoms with E-state index in [0.29, 0.717) is 22.8 Å². The van der Waals surface area contributed by atoms with Crippen LogP contribution >= 0.6 is 0 Å². The Morgan fingerprint density at radius 2 is 1.95 bits per heavy atom. The molecule has 0 radical (unpaired) electrons. The fourth-order valence-corrected chi connectivity index (χ4v) is 2.38. The lowest BCUT2D eigenvalue weighted by atomic mass is 9.95. The lowest BCUT2D eigenvalue weighted by molar-refractivity contribution is 0.0650. The predicted octanol–water partition coefficient (Wildman–Crippen LogP) is 3.47. The maximum absolute atomic E-state index is 13.3. The molecule has 0 heterocycles. The number of nitrogens with one attached hydrogen (secondary N) is 1. The van der Waals surface area contributed by atoms with Gasteiger partial charge in [0.1, 0.15) is 0 Å². The summed E-state index contributed by atoms with van der Waals surface area (Å²) in [6.45, 7) is 1.75. The van der Waals surface area contributed by atoms with Crippen LogP contribution in [-0.4, -0.2) is 18.6 Å². The first-order valence-corrected chi connectivity index (χ1v) is 6.48. The van der Waals surface area contributed by atoms with E-state index in [1.165, 1.54) is 0 Å². The van der Waals surface area contributed by atoms with E-state index < -0.39 is 18.6 Å². The fourth-order valence-electron chi connectivity index (χ4n) is 2.38. The molecule has 0 saturated heterocycles. The molecule has 0 spiro atoms. The van der Waals surface area contributed by atoms with Gasteiger partial charge in [-0.25, -0.2) is 13.2 Å². The van der Waals surface area contributed by atoms with Crippen LogP contribution in [0.15, 0.2) is 30.3 Å². The van der Waals surface area contributed by atoms with Crippen LogP contribution < -0.4 is 11.1 Å². The molecule has 0 aliphatic rings. The third-order valence-corrected chi connectivity index (χ3v) is 3.27. The number of anilines is 1. The van der Waals surface area contributed by atoms with E-state index in [0.717, 1.165) is 0 Å². The highest BCUT2D eigenvalue weighted by Crippen LogP contribution is 2.31. The van der Waals surface area contributed by atoms with Crippen LogP contribution in [0.4, 0.5) is 18.9 Å². The van der Waals surface area contributed by atoms with E-state index in [4.69, 9.17) is 5.73 Å². The molecule has 0 bridgehead atoms. The van der Waals surface area contributed by atoms with Crippen molar-refractivity contribution in [3.63, 3.8) is 0 Å². The number of rotatable bonds is 5. The van der Waals surface area contributed by atoms with E-state index in [1.54, 1.807) is 37.3 Å². The van der Waals surface area contributed by atoms with Crippen molar-refractivity contribution in [2.24, 2.45) is 5.73 Å². The number of nitrogens with two attached hydrogens (primary N) is 1. The summed E-state index contributed by atoms with van der Waals surface area (Å²) in [5.41, 5.74) is 6.24. The molecule has 6 heteroatoms. The van der Waals surface area contributed by atoms with Crippen LogP contribution in [0.25, 0.3) is 10.8 Å². The third kappa shape index (κ3) is 2.94. The molecule has 21 heavy (non-hydrogen) atoms. The van der Waals surface area contributed by atoms with Crippen molar-refractivity contribution in [3.8, 4) is 0 Å². The third-order valence-electron chi connectivity index (χ3n) is 3.27. The topological polar surface area (TPSA) is 55.1 Å². The zero-order valence-corrected chi connectivity index (χ0v) is 11.4. The molecule has 3 nitrogen and oxygen atoms in total. The Balaban J connectivity index is 2.67. The summed E-state index contributed by atoms with van der Waals surface area (Å²) >= 11 is 0. The van der Waals surface area contributed by atoms with Crippen LogP contribution in [0, 0.1) is 0 Å². The van der Waals surface area contributed by atoms with Gasteiger partial charge in [-0.1, -0.05) is 31.2 Å². The Morgan fingerprint density at radius 3 is 2.52 bits per heavy atom. The summed E-state index contributed by atoms with van der Waals surface area (Å²) in [6.07, 6.45) is -5.29. The zero-order valence-electron chi connectivity index (χ0n) is 11.4. The van der Waals surface area contributed by atoms with E-state index in [2.05, 4.69) is 5.32 Å². The summed E-state index contributed by atoms with van der Waals surface area (Å²) in [4.78, 5) is 11.7. The molecule has 0 aliphatic heterocycles. The van der Waals surface area contributed by atoms with Crippen LogP contribution in [0.1, 0.15) is 22.8 Å². The molecule has 2 aromatic rings. The molecule has 112 valence electrons. The summed E-state index contributed by atoms with van der Waals surface area (Å²) in [5.74, 6) is -0.667. The molecule has 1 atom stereocenters. The lowest BCUT2D eigenvalue weighted by Gasteiger charge is -2.18. The SMILES string of the molecule is CCc1c(NC(F)C(F)F)cc2ccccc2c1C(N)=O. The van der Waals surface area contributed by atoms with Gasteiger partial charge in [0.25, 0.3) is 6.43 Å². The van der Waals surface area contributed by atoms with E-state index in [-0.39, 0.29) is 11.3 Å². The standard InChI is InChI=1S/C15H15F3N2O/c1-2-9-11(20-14(18)13(16)17)7-8-5-3-4-6-10(8)12(9)15(19)21/h3-7,13-14,20H,2H2,1H3,(H2,19,21). The quantitative estimate of drug-likeness (QED) is 0.830. The Morgan fingerprint density at radius 1 is 1.29 bits per heavy atom. The summed E-state index contributed by atoms with van der Waals surface area (Å²) < 4.78 is 38.1. The number of primary amides is 1. The largest absolute Gasteiger partial charge is 0.366 e. The molecular weight excluding hydrogens is 281 g/mol. The van der Waals surface area contributed by atoms with E-state index in [9.17, 15) is 18.0 Å². The molecule has 0 aliphatic carbocycles. The molecular formula is C15H15F3N2O. The maximum Gasteiger partial charge on any atom is 0.287 e. The van der Waals surface area contributed by atoms with E-state index >= 15 is 0 Å². The summed E-state index contributed by atoms with van der Waals surface area (Å²) in [6, 6.07) is 8.47. The Kier molecular flexibility index (Phi) is 4.35. The van der Waals surface area contributed by atoms with Crippen molar-refractivity contribution in [3.05, 3.63) is 41.5 Å². The van der Waals surface area contributed by atoms with Gasteiger partial charge in [-0.3, -0.25) is 4.79 Å². The minimum absolute atomic E-state index is 0.165. The van der Waals surface area contributed by atoms with Gasteiger partial charge in [-0.2, -0.15) is 0 Å². The highest BCUT2D eigenvalue weighted by molar-refractivity contribution is 6.09. The number of carbonyl (C=O) groups excluding carboxylic acids is 1. The van der Waals surface area contributed by atoms with Gasteiger partial charge < -0.3 is 11.1 Å². The van der Waals surface area contributed by atoms with Gasteiger partial charge in [0.15, 0.2) is 0 Å². The second-order valence-corrected chi connectivity index (χ2v) is 4.60. The highest BCUT2D eigenvalue weighted by atomic mass is 19.3. The smallest absolute Gasteiger partial charge is 0.287 e. The van der Waals surface area contributed by atoms with Crippen LogP contribution in [-0.2, 0) is 6.42 Å². The molecule has 1 unspecified atom stereocenters. The average molecular weight is 296 g/mol. The van der Waals surface area contributed by atoms with Gasteiger partial charge in [-0.15, -0.1) is 0 Å². The number of benzene rings is 2. The van der Waals surface area contributed by atoms with Gasteiger partial charge in [0, 0.05) is 5.69 Å². The van der Waals surface area contributed by atoms with Crippen molar-refractivity contribution in [2.45, 2.75) is 26.1 Å². The monoisotopic (exact) mass is 296 g/mol. The number of carbonyl (C=O) groups is 1. The predicted molar refractivity (Wildman–Crippen MR) is 76.4 cm³/mol. The summed E-state index contributed by atoms with van der Waals surface area (Å²) in [7, 11) is 0. The lowest BCUT2D eigenvalue weighted by Crippen LogP contribution is -2.24. The number of amides is 1. The fraction of sp³-hybridized carbons (Fsp3) is 0.267. The second-order valence-electron chi connectivity index (χ2n) is 4.60. The van der Waals surface area contributed by atoms with Crippen molar-refractivity contribution in [1.29, 1.82) is 0 Å². The number of fused-ring (bicyclic) bond motifs is 1.